The SMILES string of the molecule is N#Cc1ccc2c(c1)c1ccccc1n2-c1ccccc1-c1ccc(-c2c3ccccc3c(-c3ccccc3)c3ccccc23)c(C#N)c1. The minimum atomic E-state index is 0.621. The number of hydrogen-bond acceptors (Lipinski definition) is 2. The molecule has 0 spiro atoms. The molecule has 8 aromatic carbocycles. The first kappa shape index (κ1) is 28.3. The maximum atomic E-state index is 10.7. The van der Waals surface area contributed by atoms with Crippen LogP contribution in [0.3, 0.4) is 0 Å². The van der Waals surface area contributed by atoms with E-state index in [1.807, 2.05) is 48.5 Å². The molecule has 3 heteroatoms. The third-order valence-corrected chi connectivity index (χ3v) is 9.66. The van der Waals surface area contributed by atoms with E-state index < -0.39 is 0 Å². The molecule has 0 N–H and O–H groups in total. The molecule has 0 aliphatic carbocycles. The van der Waals surface area contributed by atoms with Crippen molar-refractivity contribution < 1.29 is 0 Å². The van der Waals surface area contributed by atoms with Crippen molar-refractivity contribution in [2.24, 2.45) is 0 Å². The third kappa shape index (κ3) is 4.42. The Balaban J connectivity index is 1.28. The van der Waals surface area contributed by atoms with Crippen LogP contribution in [0.1, 0.15) is 11.1 Å². The van der Waals surface area contributed by atoms with Crippen molar-refractivity contribution in [3.05, 3.63) is 175 Å². The molecule has 226 valence electrons. The molecule has 0 bridgehead atoms. The fraction of sp³-hybridized carbons (Fsp3) is 0. The molecule has 0 atom stereocenters. The van der Waals surface area contributed by atoms with Crippen LogP contribution in [-0.4, -0.2) is 4.57 Å². The molecular weight excluding hydrogens is 595 g/mol. The van der Waals surface area contributed by atoms with E-state index in [4.69, 9.17) is 0 Å². The first-order chi connectivity index (χ1) is 24.2. The average molecular weight is 622 g/mol. The monoisotopic (exact) mass is 621 g/mol. The molecule has 9 rings (SSSR count). The second-order valence-electron chi connectivity index (χ2n) is 12.3. The lowest BCUT2D eigenvalue weighted by Gasteiger charge is -2.19. The second kappa shape index (κ2) is 11.4. The molecule has 0 amide bonds. The number of nitrogens with zero attached hydrogens (tertiary/aromatic N) is 3. The summed E-state index contributed by atoms with van der Waals surface area (Å²) in [6.45, 7) is 0. The average Bonchev–Trinajstić information content (AvgIpc) is 3.50. The van der Waals surface area contributed by atoms with Crippen molar-refractivity contribution in [3.63, 3.8) is 0 Å². The minimum Gasteiger partial charge on any atom is -0.309 e. The van der Waals surface area contributed by atoms with E-state index in [2.05, 4.69) is 132 Å². The molecule has 0 fully saturated rings. The van der Waals surface area contributed by atoms with Gasteiger partial charge in [-0.05, 0) is 80.2 Å². The van der Waals surface area contributed by atoms with Crippen molar-refractivity contribution >= 4 is 43.4 Å². The first-order valence-electron chi connectivity index (χ1n) is 16.3. The maximum Gasteiger partial charge on any atom is 0.0998 e. The molecule has 0 radical (unpaired) electrons. The van der Waals surface area contributed by atoms with Crippen molar-refractivity contribution in [1.82, 2.24) is 4.57 Å². The van der Waals surface area contributed by atoms with Crippen LogP contribution in [-0.2, 0) is 0 Å². The van der Waals surface area contributed by atoms with Gasteiger partial charge in [-0.15, -0.1) is 0 Å². The topological polar surface area (TPSA) is 52.5 Å². The fourth-order valence-corrected chi connectivity index (χ4v) is 7.57. The van der Waals surface area contributed by atoms with E-state index in [9.17, 15) is 10.5 Å². The van der Waals surface area contributed by atoms with Crippen molar-refractivity contribution in [2.75, 3.05) is 0 Å². The van der Waals surface area contributed by atoms with Crippen LogP contribution in [0.4, 0.5) is 0 Å². The van der Waals surface area contributed by atoms with Gasteiger partial charge < -0.3 is 4.57 Å². The van der Waals surface area contributed by atoms with E-state index in [1.165, 1.54) is 11.1 Å². The molecule has 1 heterocycles. The molecular formula is C46H27N3. The lowest BCUT2D eigenvalue weighted by atomic mass is 9.84. The summed E-state index contributed by atoms with van der Waals surface area (Å²) in [6, 6.07) is 61.3. The predicted octanol–water partition coefficient (Wildman–Crippen LogP) is 11.8. The number of hydrogen-bond donors (Lipinski definition) is 0. The standard InChI is InChI=1S/C46H27N3/c47-28-30-22-25-44-41(26-30)36-15-9-11-21-43(36)49(44)42-20-10-8-14-34(42)32-23-24-35(33(27-32)29-48)46-39-18-6-4-16-37(39)45(31-12-2-1-3-13-31)38-17-5-7-19-40(38)46/h1-27H. The quantitative estimate of drug-likeness (QED) is 0.184. The molecule has 0 saturated heterocycles. The van der Waals surface area contributed by atoms with Gasteiger partial charge >= 0.3 is 0 Å². The van der Waals surface area contributed by atoms with Gasteiger partial charge in [-0.1, -0.05) is 127 Å². The Morgan fingerprint density at radius 2 is 0.980 bits per heavy atom. The summed E-state index contributed by atoms with van der Waals surface area (Å²) in [5, 5.41) is 27.1. The highest BCUT2D eigenvalue weighted by Gasteiger charge is 2.20. The van der Waals surface area contributed by atoms with Gasteiger partial charge in [-0.2, -0.15) is 10.5 Å². The molecule has 9 aromatic rings. The molecule has 0 aliphatic heterocycles. The third-order valence-electron chi connectivity index (χ3n) is 9.66. The Morgan fingerprint density at radius 1 is 0.388 bits per heavy atom. The van der Waals surface area contributed by atoms with Gasteiger partial charge in [0.15, 0.2) is 0 Å². The number of benzene rings is 8. The second-order valence-corrected chi connectivity index (χ2v) is 12.3. The lowest BCUT2D eigenvalue weighted by molar-refractivity contribution is 1.18. The molecule has 49 heavy (non-hydrogen) atoms. The van der Waals surface area contributed by atoms with Crippen LogP contribution >= 0.6 is 0 Å². The summed E-state index contributed by atoms with van der Waals surface area (Å²) in [5.41, 5.74) is 10.7. The highest BCUT2D eigenvalue weighted by atomic mass is 15.0. The summed E-state index contributed by atoms with van der Waals surface area (Å²) in [6.07, 6.45) is 0. The normalized spacial score (nSPS) is 11.2. The summed E-state index contributed by atoms with van der Waals surface area (Å²) in [5.74, 6) is 0. The highest BCUT2D eigenvalue weighted by Crippen LogP contribution is 2.45. The van der Waals surface area contributed by atoms with Gasteiger partial charge in [0.2, 0.25) is 0 Å². The van der Waals surface area contributed by atoms with Crippen molar-refractivity contribution in [2.45, 2.75) is 0 Å². The molecule has 0 unspecified atom stereocenters. The molecule has 0 saturated carbocycles. The predicted molar refractivity (Wildman–Crippen MR) is 202 cm³/mol. The molecule has 3 nitrogen and oxygen atoms in total. The van der Waals surface area contributed by atoms with Crippen LogP contribution in [0.2, 0.25) is 0 Å². The smallest absolute Gasteiger partial charge is 0.0998 e. The number of nitriles is 2. The van der Waals surface area contributed by atoms with E-state index in [0.29, 0.717) is 11.1 Å². The van der Waals surface area contributed by atoms with Crippen LogP contribution in [0.25, 0.3) is 82.4 Å². The Hall–Kier alpha value is -6.94. The van der Waals surface area contributed by atoms with E-state index in [0.717, 1.165) is 71.3 Å². The largest absolute Gasteiger partial charge is 0.309 e. The van der Waals surface area contributed by atoms with E-state index >= 15 is 0 Å². The van der Waals surface area contributed by atoms with Gasteiger partial charge in [-0.3, -0.25) is 0 Å². The first-order valence-corrected chi connectivity index (χ1v) is 16.3. The zero-order valence-electron chi connectivity index (χ0n) is 26.4. The van der Waals surface area contributed by atoms with Crippen molar-refractivity contribution in [1.29, 1.82) is 10.5 Å². The zero-order chi connectivity index (χ0) is 32.9. The van der Waals surface area contributed by atoms with Crippen LogP contribution < -0.4 is 0 Å². The number of aromatic nitrogens is 1. The summed E-state index contributed by atoms with van der Waals surface area (Å²) >= 11 is 0. The lowest BCUT2D eigenvalue weighted by Crippen LogP contribution is -1.98. The number of para-hydroxylation sites is 2. The Morgan fingerprint density at radius 3 is 1.67 bits per heavy atom. The van der Waals surface area contributed by atoms with E-state index in [-0.39, 0.29) is 0 Å². The summed E-state index contributed by atoms with van der Waals surface area (Å²) in [4.78, 5) is 0. The summed E-state index contributed by atoms with van der Waals surface area (Å²) < 4.78 is 2.27. The minimum absolute atomic E-state index is 0.621. The summed E-state index contributed by atoms with van der Waals surface area (Å²) in [7, 11) is 0. The van der Waals surface area contributed by atoms with Crippen LogP contribution in [0.15, 0.2) is 164 Å². The maximum absolute atomic E-state index is 10.7. The van der Waals surface area contributed by atoms with Gasteiger partial charge in [0.05, 0.1) is 40.0 Å². The van der Waals surface area contributed by atoms with Gasteiger partial charge in [0.1, 0.15) is 0 Å². The number of fused-ring (bicyclic) bond motifs is 5. The van der Waals surface area contributed by atoms with E-state index in [1.54, 1.807) is 0 Å². The van der Waals surface area contributed by atoms with Crippen LogP contribution in [0.5, 0.6) is 0 Å². The molecule has 1 aromatic heterocycles. The van der Waals surface area contributed by atoms with Gasteiger partial charge in [0, 0.05) is 21.9 Å². The Bertz CT molecular complexity index is 2790. The fourth-order valence-electron chi connectivity index (χ4n) is 7.57. The number of rotatable bonds is 4. The highest BCUT2D eigenvalue weighted by molar-refractivity contribution is 6.21. The van der Waals surface area contributed by atoms with Crippen molar-refractivity contribution in [3.8, 4) is 51.2 Å². The zero-order valence-corrected chi connectivity index (χ0v) is 26.4. The Kier molecular flexibility index (Phi) is 6.58. The molecule has 0 aliphatic rings. The van der Waals surface area contributed by atoms with Gasteiger partial charge in [0.25, 0.3) is 0 Å². The Labute approximate surface area is 283 Å². The van der Waals surface area contributed by atoms with Crippen LogP contribution in [0, 0.1) is 22.7 Å². The van der Waals surface area contributed by atoms with Gasteiger partial charge in [-0.25, -0.2) is 0 Å².